The van der Waals surface area contributed by atoms with Crippen molar-refractivity contribution >= 4 is 11.0 Å². The summed E-state index contributed by atoms with van der Waals surface area (Å²) in [6, 6.07) is 2.34. The maximum absolute atomic E-state index is 5.85. The molecule has 0 spiro atoms. The minimum absolute atomic E-state index is 0.0147. The standard InChI is InChI=1S/C17H28N4/c1-12(7-6-8-13(2)18)16-20-14-11-19-10-9-15(14)21(16)17(3,4)5/h9-13H,6-8,18H2,1-5H3. The number of nitrogens with zero attached hydrogens (tertiary/aromatic N) is 3. The molecule has 2 rings (SSSR count). The molecule has 0 fully saturated rings. The van der Waals surface area contributed by atoms with Gasteiger partial charge in [-0.3, -0.25) is 4.98 Å². The monoisotopic (exact) mass is 288 g/mol. The molecule has 0 radical (unpaired) electrons. The van der Waals surface area contributed by atoms with Crippen LogP contribution in [-0.4, -0.2) is 20.6 Å². The minimum Gasteiger partial charge on any atom is -0.328 e. The topological polar surface area (TPSA) is 56.7 Å². The molecule has 0 aliphatic heterocycles. The van der Waals surface area contributed by atoms with Crippen molar-refractivity contribution in [1.82, 2.24) is 14.5 Å². The molecule has 2 N–H and O–H groups in total. The quantitative estimate of drug-likeness (QED) is 0.910. The number of rotatable bonds is 5. The van der Waals surface area contributed by atoms with Gasteiger partial charge in [-0.15, -0.1) is 0 Å². The summed E-state index contributed by atoms with van der Waals surface area (Å²) in [6.45, 7) is 11.0. The molecule has 21 heavy (non-hydrogen) atoms. The summed E-state index contributed by atoms with van der Waals surface area (Å²) in [4.78, 5) is 9.05. The van der Waals surface area contributed by atoms with Gasteiger partial charge in [-0.05, 0) is 46.6 Å². The number of fused-ring (bicyclic) bond motifs is 1. The van der Waals surface area contributed by atoms with E-state index in [9.17, 15) is 0 Å². The average molecular weight is 288 g/mol. The molecule has 0 saturated heterocycles. The number of hydrogen-bond acceptors (Lipinski definition) is 3. The summed E-state index contributed by atoms with van der Waals surface area (Å²) in [7, 11) is 0. The Balaban J connectivity index is 2.34. The van der Waals surface area contributed by atoms with E-state index in [0.29, 0.717) is 5.92 Å². The summed E-state index contributed by atoms with van der Waals surface area (Å²) in [5.74, 6) is 1.59. The van der Waals surface area contributed by atoms with Gasteiger partial charge in [-0.1, -0.05) is 13.3 Å². The zero-order valence-corrected chi connectivity index (χ0v) is 13.9. The Hall–Kier alpha value is -1.42. The first kappa shape index (κ1) is 16.0. The van der Waals surface area contributed by atoms with E-state index in [0.717, 1.165) is 30.6 Å². The Morgan fingerprint density at radius 3 is 2.57 bits per heavy atom. The number of nitrogens with two attached hydrogens (primary N) is 1. The molecule has 2 heterocycles. The SMILES string of the molecule is CC(N)CCCC(C)c1nc2cnccc2n1C(C)(C)C. The lowest BCUT2D eigenvalue weighted by molar-refractivity contribution is 0.380. The molecule has 2 aromatic heterocycles. The van der Waals surface area contributed by atoms with Gasteiger partial charge in [0.1, 0.15) is 11.3 Å². The van der Waals surface area contributed by atoms with E-state index in [1.54, 1.807) is 0 Å². The van der Waals surface area contributed by atoms with Crippen molar-refractivity contribution in [3.63, 3.8) is 0 Å². The fourth-order valence-corrected chi connectivity index (χ4v) is 2.86. The lowest BCUT2D eigenvalue weighted by Crippen LogP contribution is -2.25. The molecule has 2 atom stereocenters. The summed E-state index contributed by atoms with van der Waals surface area (Å²) < 4.78 is 2.36. The molecule has 0 aliphatic carbocycles. The second kappa shape index (κ2) is 6.14. The maximum Gasteiger partial charge on any atom is 0.113 e. The molecule has 0 saturated carbocycles. The van der Waals surface area contributed by atoms with Gasteiger partial charge in [-0.2, -0.15) is 0 Å². The highest BCUT2D eigenvalue weighted by Gasteiger charge is 2.24. The van der Waals surface area contributed by atoms with Crippen molar-refractivity contribution in [2.75, 3.05) is 0 Å². The van der Waals surface area contributed by atoms with Gasteiger partial charge >= 0.3 is 0 Å². The van der Waals surface area contributed by atoms with Crippen LogP contribution < -0.4 is 5.73 Å². The van der Waals surface area contributed by atoms with Crippen LogP contribution in [0, 0.1) is 0 Å². The molecule has 4 nitrogen and oxygen atoms in total. The fraction of sp³-hybridized carbons (Fsp3) is 0.647. The highest BCUT2D eigenvalue weighted by Crippen LogP contribution is 2.30. The predicted octanol–water partition coefficient (Wildman–Crippen LogP) is 3.81. The van der Waals surface area contributed by atoms with Crippen LogP contribution >= 0.6 is 0 Å². The van der Waals surface area contributed by atoms with Gasteiger partial charge in [0.05, 0.1) is 11.7 Å². The van der Waals surface area contributed by atoms with Gasteiger partial charge < -0.3 is 10.3 Å². The van der Waals surface area contributed by atoms with E-state index in [-0.39, 0.29) is 11.6 Å². The molecular formula is C17H28N4. The number of aromatic nitrogens is 3. The molecule has 0 aromatic carbocycles. The second-order valence-electron chi connectivity index (χ2n) is 7.15. The normalized spacial score (nSPS) is 15.3. The molecular weight excluding hydrogens is 260 g/mol. The van der Waals surface area contributed by atoms with Crippen LogP contribution in [0.5, 0.6) is 0 Å². The second-order valence-corrected chi connectivity index (χ2v) is 7.15. The Morgan fingerprint density at radius 2 is 1.95 bits per heavy atom. The first-order valence-corrected chi connectivity index (χ1v) is 7.89. The fourth-order valence-electron chi connectivity index (χ4n) is 2.86. The van der Waals surface area contributed by atoms with E-state index < -0.39 is 0 Å². The third kappa shape index (κ3) is 3.62. The average Bonchev–Trinajstić information content (AvgIpc) is 2.77. The first-order chi connectivity index (χ1) is 9.80. The van der Waals surface area contributed by atoms with Gasteiger partial charge in [0, 0.05) is 23.7 Å². The van der Waals surface area contributed by atoms with Crippen LogP contribution in [0.25, 0.3) is 11.0 Å². The van der Waals surface area contributed by atoms with Crippen molar-refractivity contribution in [2.24, 2.45) is 5.73 Å². The van der Waals surface area contributed by atoms with Crippen LogP contribution in [0.3, 0.4) is 0 Å². The molecule has 2 aromatic rings. The van der Waals surface area contributed by atoms with Gasteiger partial charge in [0.2, 0.25) is 0 Å². The van der Waals surface area contributed by atoms with E-state index in [2.05, 4.69) is 50.2 Å². The van der Waals surface area contributed by atoms with E-state index in [1.807, 2.05) is 12.4 Å². The van der Waals surface area contributed by atoms with Crippen LogP contribution in [0.2, 0.25) is 0 Å². The summed E-state index contributed by atoms with van der Waals surface area (Å²) >= 11 is 0. The highest BCUT2D eigenvalue weighted by atomic mass is 15.1. The number of imidazole rings is 1. The molecule has 0 bridgehead atoms. The van der Waals surface area contributed by atoms with Crippen molar-refractivity contribution in [2.45, 2.75) is 71.4 Å². The summed E-state index contributed by atoms with van der Waals surface area (Å²) in [6.07, 6.45) is 7.03. The van der Waals surface area contributed by atoms with Crippen molar-refractivity contribution in [3.8, 4) is 0 Å². The van der Waals surface area contributed by atoms with Crippen molar-refractivity contribution < 1.29 is 0 Å². The van der Waals surface area contributed by atoms with Crippen LogP contribution in [-0.2, 0) is 5.54 Å². The van der Waals surface area contributed by atoms with Gasteiger partial charge in [0.15, 0.2) is 0 Å². The summed E-state index contributed by atoms with van der Waals surface area (Å²) in [5, 5.41) is 0. The molecule has 116 valence electrons. The lowest BCUT2D eigenvalue weighted by atomic mass is 9.99. The van der Waals surface area contributed by atoms with E-state index in [4.69, 9.17) is 10.7 Å². The van der Waals surface area contributed by atoms with Crippen LogP contribution in [0.15, 0.2) is 18.5 Å². The Bertz CT molecular complexity index is 592. The number of hydrogen-bond donors (Lipinski definition) is 1. The molecule has 2 unspecified atom stereocenters. The predicted molar refractivity (Wildman–Crippen MR) is 88.4 cm³/mol. The molecule has 0 aliphatic rings. The zero-order valence-electron chi connectivity index (χ0n) is 13.9. The van der Waals surface area contributed by atoms with Crippen LogP contribution in [0.4, 0.5) is 0 Å². The minimum atomic E-state index is 0.0147. The van der Waals surface area contributed by atoms with Gasteiger partial charge in [-0.25, -0.2) is 4.98 Å². The van der Waals surface area contributed by atoms with Gasteiger partial charge in [0.25, 0.3) is 0 Å². The first-order valence-electron chi connectivity index (χ1n) is 7.89. The molecule has 4 heteroatoms. The van der Waals surface area contributed by atoms with Crippen molar-refractivity contribution in [3.05, 3.63) is 24.3 Å². The van der Waals surface area contributed by atoms with E-state index >= 15 is 0 Å². The third-order valence-electron chi connectivity index (χ3n) is 3.89. The lowest BCUT2D eigenvalue weighted by Gasteiger charge is -2.26. The zero-order chi connectivity index (χ0) is 15.6. The Labute approximate surface area is 127 Å². The Morgan fingerprint density at radius 1 is 1.24 bits per heavy atom. The number of pyridine rings is 1. The maximum atomic E-state index is 5.85. The Kier molecular flexibility index (Phi) is 4.67. The van der Waals surface area contributed by atoms with E-state index in [1.165, 1.54) is 5.52 Å². The largest absolute Gasteiger partial charge is 0.328 e. The summed E-state index contributed by atoms with van der Waals surface area (Å²) in [5.41, 5.74) is 8.02. The smallest absolute Gasteiger partial charge is 0.113 e. The van der Waals surface area contributed by atoms with Crippen LogP contribution in [0.1, 0.15) is 65.6 Å². The molecule has 0 amide bonds. The third-order valence-corrected chi connectivity index (χ3v) is 3.89. The highest BCUT2D eigenvalue weighted by molar-refractivity contribution is 5.75. The van der Waals surface area contributed by atoms with Crippen molar-refractivity contribution in [1.29, 1.82) is 0 Å².